The van der Waals surface area contributed by atoms with Crippen molar-refractivity contribution in [3.05, 3.63) is 0 Å². The minimum atomic E-state index is -0.118. The van der Waals surface area contributed by atoms with Gasteiger partial charge in [-0.3, -0.25) is 4.79 Å². The molecule has 0 saturated carbocycles. The molecule has 0 spiro atoms. The topological polar surface area (TPSA) is 41.6 Å². The summed E-state index contributed by atoms with van der Waals surface area (Å²) in [5.41, 5.74) is -0.118. The molecule has 1 saturated heterocycles. The Hall–Kier alpha value is -0.610. The number of rotatable bonds is 6. The number of amides is 1. The number of carbonyl (C=O) groups is 1. The Balaban J connectivity index is 2.52. The number of carbonyl (C=O) groups excluding carboxylic acids is 1. The molecule has 0 aromatic rings. The van der Waals surface area contributed by atoms with E-state index < -0.39 is 0 Å². The smallest absolute Gasteiger partial charge is 0.228 e. The lowest BCUT2D eigenvalue weighted by Crippen LogP contribution is -2.48. The molecule has 1 fully saturated rings. The Labute approximate surface area is 105 Å². The zero-order chi connectivity index (χ0) is 12.7. The van der Waals surface area contributed by atoms with Gasteiger partial charge in [0, 0.05) is 27.3 Å². The van der Waals surface area contributed by atoms with Crippen LogP contribution < -0.4 is 5.32 Å². The molecule has 0 aliphatic carbocycles. The molecule has 100 valence electrons. The molecule has 4 heteroatoms. The lowest BCUT2D eigenvalue weighted by Gasteiger charge is -2.38. The average molecular weight is 242 g/mol. The zero-order valence-electron chi connectivity index (χ0n) is 11.4. The van der Waals surface area contributed by atoms with Gasteiger partial charge in [-0.05, 0) is 38.8 Å². The first-order chi connectivity index (χ1) is 8.16. The van der Waals surface area contributed by atoms with Gasteiger partial charge in [-0.15, -0.1) is 0 Å². The summed E-state index contributed by atoms with van der Waals surface area (Å²) in [5, 5.41) is 3.33. The van der Waals surface area contributed by atoms with Crippen LogP contribution in [0.15, 0.2) is 0 Å². The van der Waals surface area contributed by atoms with Crippen LogP contribution in [0.4, 0.5) is 0 Å². The SMILES string of the molecule is CCC1(C(=O)N(C)CCCOC)CCNCC1. The summed E-state index contributed by atoms with van der Waals surface area (Å²) in [7, 11) is 3.61. The minimum Gasteiger partial charge on any atom is -0.385 e. The van der Waals surface area contributed by atoms with E-state index in [0.29, 0.717) is 5.91 Å². The summed E-state index contributed by atoms with van der Waals surface area (Å²) in [6, 6.07) is 0. The minimum absolute atomic E-state index is 0.118. The summed E-state index contributed by atoms with van der Waals surface area (Å²) < 4.78 is 5.02. The number of nitrogens with one attached hydrogen (secondary N) is 1. The summed E-state index contributed by atoms with van der Waals surface area (Å²) in [6.07, 6.45) is 3.80. The van der Waals surface area contributed by atoms with Gasteiger partial charge in [0.2, 0.25) is 5.91 Å². The second-order valence-electron chi connectivity index (χ2n) is 4.96. The second-order valence-corrected chi connectivity index (χ2v) is 4.96. The molecule has 1 heterocycles. The standard InChI is InChI=1S/C13H26N2O2/c1-4-13(6-8-14-9-7-13)12(16)15(2)10-5-11-17-3/h14H,4-11H2,1-3H3. The predicted molar refractivity (Wildman–Crippen MR) is 69.0 cm³/mol. The Kier molecular flexibility index (Phi) is 5.92. The molecular weight excluding hydrogens is 216 g/mol. The third kappa shape index (κ3) is 3.68. The van der Waals surface area contributed by atoms with E-state index in [9.17, 15) is 4.79 Å². The van der Waals surface area contributed by atoms with Gasteiger partial charge in [0.15, 0.2) is 0 Å². The van der Waals surface area contributed by atoms with Gasteiger partial charge >= 0.3 is 0 Å². The number of methoxy groups -OCH3 is 1. The summed E-state index contributed by atoms with van der Waals surface area (Å²) in [5.74, 6) is 0.317. The molecule has 1 aliphatic rings. The molecular formula is C13H26N2O2. The van der Waals surface area contributed by atoms with Crippen LogP contribution in [0.25, 0.3) is 0 Å². The Morgan fingerprint density at radius 1 is 1.41 bits per heavy atom. The van der Waals surface area contributed by atoms with E-state index in [4.69, 9.17) is 4.74 Å². The summed E-state index contributed by atoms with van der Waals surface area (Å²) in [6.45, 7) is 5.57. The maximum Gasteiger partial charge on any atom is 0.228 e. The van der Waals surface area contributed by atoms with Crippen molar-refractivity contribution in [2.24, 2.45) is 5.41 Å². The van der Waals surface area contributed by atoms with Crippen molar-refractivity contribution in [2.75, 3.05) is 40.4 Å². The number of ether oxygens (including phenoxy) is 1. The summed E-state index contributed by atoms with van der Waals surface area (Å²) >= 11 is 0. The van der Waals surface area contributed by atoms with E-state index >= 15 is 0 Å². The first-order valence-corrected chi connectivity index (χ1v) is 6.61. The van der Waals surface area contributed by atoms with Crippen molar-refractivity contribution in [1.29, 1.82) is 0 Å². The molecule has 4 nitrogen and oxygen atoms in total. The monoisotopic (exact) mass is 242 g/mol. The largest absolute Gasteiger partial charge is 0.385 e. The Morgan fingerprint density at radius 2 is 2.06 bits per heavy atom. The van der Waals surface area contributed by atoms with Gasteiger partial charge in [0.1, 0.15) is 0 Å². The molecule has 0 atom stereocenters. The molecule has 0 radical (unpaired) electrons. The van der Waals surface area contributed by atoms with Crippen LogP contribution in [0.1, 0.15) is 32.6 Å². The zero-order valence-corrected chi connectivity index (χ0v) is 11.4. The molecule has 1 amide bonds. The fourth-order valence-corrected chi connectivity index (χ4v) is 2.58. The number of piperidine rings is 1. The fourth-order valence-electron chi connectivity index (χ4n) is 2.58. The van der Waals surface area contributed by atoms with Crippen LogP contribution >= 0.6 is 0 Å². The Bertz CT molecular complexity index is 238. The molecule has 1 rings (SSSR count). The van der Waals surface area contributed by atoms with Gasteiger partial charge in [-0.25, -0.2) is 0 Å². The highest BCUT2D eigenvalue weighted by atomic mass is 16.5. The highest BCUT2D eigenvalue weighted by molar-refractivity contribution is 5.82. The van der Waals surface area contributed by atoms with E-state index in [2.05, 4.69) is 12.2 Å². The van der Waals surface area contributed by atoms with Gasteiger partial charge in [-0.2, -0.15) is 0 Å². The van der Waals surface area contributed by atoms with Crippen LogP contribution in [-0.4, -0.2) is 51.2 Å². The predicted octanol–water partition coefficient (Wildman–Crippen LogP) is 1.26. The second kappa shape index (κ2) is 6.97. The van der Waals surface area contributed by atoms with Crippen LogP contribution in [0.5, 0.6) is 0 Å². The number of hydrogen-bond acceptors (Lipinski definition) is 3. The summed E-state index contributed by atoms with van der Waals surface area (Å²) in [4.78, 5) is 14.4. The third-order valence-corrected chi connectivity index (χ3v) is 3.88. The van der Waals surface area contributed by atoms with Crippen molar-refractivity contribution in [3.63, 3.8) is 0 Å². The first-order valence-electron chi connectivity index (χ1n) is 6.61. The maximum atomic E-state index is 12.5. The van der Waals surface area contributed by atoms with Gasteiger partial charge in [0.05, 0.1) is 5.41 Å². The van der Waals surface area contributed by atoms with Gasteiger partial charge < -0.3 is 15.0 Å². The average Bonchev–Trinajstić information content (AvgIpc) is 2.38. The van der Waals surface area contributed by atoms with Crippen LogP contribution in [0.3, 0.4) is 0 Å². The highest BCUT2D eigenvalue weighted by Crippen LogP contribution is 2.34. The highest BCUT2D eigenvalue weighted by Gasteiger charge is 2.39. The van der Waals surface area contributed by atoms with Crippen molar-refractivity contribution in [1.82, 2.24) is 10.2 Å². The lowest BCUT2D eigenvalue weighted by molar-refractivity contribution is -0.142. The lowest BCUT2D eigenvalue weighted by atomic mass is 9.75. The van der Waals surface area contributed by atoms with Gasteiger partial charge in [0.25, 0.3) is 0 Å². The molecule has 0 aromatic heterocycles. The van der Waals surface area contributed by atoms with E-state index in [1.165, 1.54) is 0 Å². The van der Waals surface area contributed by atoms with E-state index in [1.807, 2.05) is 11.9 Å². The van der Waals surface area contributed by atoms with Crippen LogP contribution in [0.2, 0.25) is 0 Å². The van der Waals surface area contributed by atoms with Gasteiger partial charge in [-0.1, -0.05) is 6.92 Å². The van der Waals surface area contributed by atoms with Crippen molar-refractivity contribution >= 4 is 5.91 Å². The normalized spacial score (nSPS) is 19.0. The first kappa shape index (κ1) is 14.5. The molecule has 17 heavy (non-hydrogen) atoms. The Morgan fingerprint density at radius 3 is 2.59 bits per heavy atom. The van der Waals surface area contributed by atoms with Crippen molar-refractivity contribution in [3.8, 4) is 0 Å². The van der Waals surface area contributed by atoms with Crippen LogP contribution in [-0.2, 0) is 9.53 Å². The molecule has 1 N–H and O–H groups in total. The third-order valence-electron chi connectivity index (χ3n) is 3.88. The molecule has 0 unspecified atom stereocenters. The van der Waals surface area contributed by atoms with Crippen molar-refractivity contribution in [2.45, 2.75) is 32.6 Å². The molecule has 0 bridgehead atoms. The fraction of sp³-hybridized carbons (Fsp3) is 0.923. The van der Waals surface area contributed by atoms with E-state index in [-0.39, 0.29) is 5.41 Å². The number of hydrogen-bond donors (Lipinski definition) is 1. The van der Waals surface area contributed by atoms with Crippen molar-refractivity contribution < 1.29 is 9.53 Å². The number of nitrogens with zero attached hydrogens (tertiary/aromatic N) is 1. The van der Waals surface area contributed by atoms with Crippen LogP contribution in [0, 0.1) is 5.41 Å². The van der Waals surface area contributed by atoms with E-state index in [1.54, 1.807) is 7.11 Å². The molecule has 0 aromatic carbocycles. The van der Waals surface area contributed by atoms with E-state index in [0.717, 1.165) is 51.9 Å². The molecule has 1 aliphatic heterocycles. The quantitative estimate of drug-likeness (QED) is 0.713. The maximum absolute atomic E-state index is 12.5.